The third-order valence-electron chi connectivity index (χ3n) is 3.34. The van der Waals surface area contributed by atoms with Crippen LogP contribution in [-0.4, -0.2) is 26.8 Å². The molecule has 0 fully saturated rings. The fourth-order valence-corrected chi connectivity index (χ4v) is 2.30. The molecule has 0 saturated carbocycles. The maximum absolute atomic E-state index is 12.0. The molecule has 3 rings (SSSR count). The maximum Gasteiger partial charge on any atom is 0.433 e. The van der Waals surface area contributed by atoms with Crippen molar-refractivity contribution in [1.82, 2.24) is 15.2 Å². The summed E-state index contributed by atoms with van der Waals surface area (Å²) >= 11 is 5.78. The van der Waals surface area contributed by atoms with Crippen LogP contribution in [0.1, 0.15) is 15.9 Å². The molecule has 0 spiro atoms. The zero-order valence-corrected chi connectivity index (χ0v) is 14.2. The number of nitro groups is 1. The predicted molar refractivity (Wildman–Crippen MR) is 94.1 cm³/mol. The molecular formula is C16H12ClN5O4. The van der Waals surface area contributed by atoms with Crippen molar-refractivity contribution < 1.29 is 14.1 Å². The number of halogens is 1. The minimum atomic E-state index is -0.632. The van der Waals surface area contributed by atoms with Crippen LogP contribution >= 0.6 is 11.6 Å². The zero-order valence-electron chi connectivity index (χ0n) is 13.4. The van der Waals surface area contributed by atoms with Crippen LogP contribution in [0.15, 0.2) is 52.1 Å². The molecular weight excluding hydrogens is 362 g/mol. The second-order valence-electron chi connectivity index (χ2n) is 5.21. The molecule has 1 aromatic carbocycles. The van der Waals surface area contributed by atoms with Gasteiger partial charge in [-0.25, -0.2) is 5.43 Å². The number of aromatic nitrogens is 2. The predicted octanol–water partition coefficient (Wildman–Crippen LogP) is 3.01. The highest BCUT2D eigenvalue weighted by atomic mass is 35.5. The third-order valence-corrected chi connectivity index (χ3v) is 3.59. The Morgan fingerprint density at radius 3 is 2.73 bits per heavy atom. The van der Waals surface area contributed by atoms with Crippen molar-refractivity contribution in [2.75, 3.05) is 0 Å². The average molecular weight is 374 g/mol. The second-order valence-corrected chi connectivity index (χ2v) is 5.64. The van der Waals surface area contributed by atoms with Crippen molar-refractivity contribution in [3.8, 4) is 11.5 Å². The number of carbonyl (C=O) groups excluding carboxylic acids is 1. The Labute approximate surface area is 152 Å². The van der Waals surface area contributed by atoms with E-state index in [1.54, 1.807) is 37.5 Å². The lowest BCUT2D eigenvalue weighted by Crippen LogP contribution is -2.17. The molecule has 0 atom stereocenters. The van der Waals surface area contributed by atoms with E-state index in [0.717, 1.165) is 0 Å². The summed E-state index contributed by atoms with van der Waals surface area (Å²) in [5.74, 6) is -0.565. The summed E-state index contributed by atoms with van der Waals surface area (Å²) in [6.45, 7) is 0. The number of benzene rings is 1. The first kappa shape index (κ1) is 17.4. The zero-order chi connectivity index (χ0) is 18.7. The Morgan fingerprint density at radius 1 is 1.35 bits per heavy atom. The van der Waals surface area contributed by atoms with Gasteiger partial charge < -0.3 is 4.42 Å². The Morgan fingerprint density at radius 2 is 2.08 bits per heavy atom. The number of hydrogen-bond donors (Lipinski definition) is 1. The first-order valence-corrected chi connectivity index (χ1v) is 7.69. The summed E-state index contributed by atoms with van der Waals surface area (Å²) in [6, 6.07) is 9.04. The van der Waals surface area contributed by atoms with Crippen LogP contribution in [0.2, 0.25) is 5.02 Å². The van der Waals surface area contributed by atoms with Crippen molar-refractivity contribution in [3.05, 3.63) is 68.9 Å². The second kappa shape index (κ2) is 7.19. The van der Waals surface area contributed by atoms with Gasteiger partial charge in [-0.05, 0) is 30.3 Å². The molecule has 10 heteroatoms. The van der Waals surface area contributed by atoms with Gasteiger partial charge in [0.05, 0.1) is 12.3 Å². The molecule has 1 amide bonds. The van der Waals surface area contributed by atoms with Crippen LogP contribution in [-0.2, 0) is 7.05 Å². The van der Waals surface area contributed by atoms with Gasteiger partial charge in [-0.1, -0.05) is 11.6 Å². The largest absolute Gasteiger partial charge is 0.433 e. The van der Waals surface area contributed by atoms with E-state index in [-0.39, 0.29) is 11.6 Å². The monoisotopic (exact) mass is 373 g/mol. The van der Waals surface area contributed by atoms with E-state index in [1.165, 1.54) is 23.0 Å². The molecule has 0 bridgehead atoms. The van der Waals surface area contributed by atoms with Crippen LogP contribution in [0.5, 0.6) is 0 Å². The number of hydrogen-bond acceptors (Lipinski definition) is 6. The molecule has 0 aliphatic heterocycles. The Balaban J connectivity index is 1.77. The van der Waals surface area contributed by atoms with Gasteiger partial charge in [-0.3, -0.25) is 19.6 Å². The number of nitrogens with one attached hydrogen (secondary N) is 1. The lowest BCUT2D eigenvalue weighted by molar-refractivity contribution is -0.401. The number of amides is 1. The Kier molecular flexibility index (Phi) is 4.81. The molecule has 2 aromatic heterocycles. The van der Waals surface area contributed by atoms with Crippen LogP contribution in [0.3, 0.4) is 0 Å². The van der Waals surface area contributed by atoms with Gasteiger partial charge in [0, 0.05) is 29.4 Å². The van der Waals surface area contributed by atoms with Gasteiger partial charge in [0.2, 0.25) is 0 Å². The quantitative estimate of drug-likeness (QED) is 0.419. The molecule has 9 nitrogen and oxygen atoms in total. The topological polar surface area (TPSA) is 116 Å². The fourth-order valence-electron chi connectivity index (χ4n) is 2.17. The smallest absolute Gasteiger partial charge is 0.399 e. The summed E-state index contributed by atoms with van der Waals surface area (Å²) < 4.78 is 6.66. The fraction of sp³-hybridized carbons (Fsp3) is 0.0625. The van der Waals surface area contributed by atoms with Gasteiger partial charge in [0.1, 0.15) is 10.6 Å². The summed E-state index contributed by atoms with van der Waals surface area (Å²) in [5, 5.41) is 19.4. The number of nitrogens with zero attached hydrogens (tertiary/aromatic N) is 4. The molecule has 132 valence electrons. The van der Waals surface area contributed by atoms with Crippen molar-refractivity contribution in [2.24, 2.45) is 12.1 Å². The Bertz CT molecular complexity index is 990. The molecule has 0 saturated heterocycles. The van der Waals surface area contributed by atoms with Gasteiger partial charge in [0.25, 0.3) is 5.91 Å². The van der Waals surface area contributed by atoms with Crippen molar-refractivity contribution in [1.29, 1.82) is 0 Å². The molecule has 0 aliphatic rings. The Hall–Kier alpha value is -3.46. The molecule has 2 heterocycles. The summed E-state index contributed by atoms with van der Waals surface area (Å²) in [5.41, 5.74) is 3.68. The van der Waals surface area contributed by atoms with Crippen LogP contribution in [0, 0.1) is 10.1 Å². The van der Waals surface area contributed by atoms with E-state index < -0.39 is 10.8 Å². The van der Waals surface area contributed by atoms with E-state index in [9.17, 15) is 14.9 Å². The van der Waals surface area contributed by atoms with E-state index in [4.69, 9.17) is 16.0 Å². The van der Waals surface area contributed by atoms with Gasteiger partial charge >= 0.3 is 5.88 Å². The first-order valence-electron chi connectivity index (χ1n) is 7.31. The van der Waals surface area contributed by atoms with Gasteiger partial charge in [-0.15, -0.1) is 0 Å². The van der Waals surface area contributed by atoms with Crippen molar-refractivity contribution in [3.63, 3.8) is 0 Å². The highest BCUT2D eigenvalue weighted by Gasteiger charge is 2.17. The molecule has 3 aromatic rings. The minimum absolute atomic E-state index is 0.225. The standard InChI is InChI=1S/C16H12ClN5O4/c1-21-9-11(15(20-21)13-6-7-14(26-13)22(24)25)8-18-19-16(23)10-2-4-12(17)5-3-10/h2-9H,1H3,(H,19,23)/b18-8+. The number of furan rings is 1. The normalized spacial score (nSPS) is 11.0. The van der Waals surface area contributed by atoms with Crippen LogP contribution in [0.25, 0.3) is 11.5 Å². The SMILES string of the molecule is Cn1cc(/C=N/NC(=O)c2ccc(Cl)cc2)c(-c2ccc([N+](=O)[O-])o2)n1. The highest BCUT2D eigenvalue weighted by Crippen LogP contribution is 2.26. The lowest BCUT2D eigenvalue weighted by Gasteiger charge is -1.99. The summed E-state index contributed by atoms with van der Waals surface area (Å²) in [7, 11) is 1.69. The number of aryl methyl sites for hydroxylation is 1. The molecule has 0 radical (unpaired) electrons. The van der Waals surface area contributed by atoms with Crippen LogP contribution < -0.4 is 5.43 Å². The minimum Gasteiger partial charge on any atom is -0.399 e. The lowest BCUT2D eigenvalue weighted by atomic mass is 10.2. The van der Waals surface area contributed by atoms with Gasteiger partial charge in [-0.2, -0.15) is 10.2 Å². The number of hydrazone groups is 1. The van der Waals surface area contributed by atoms with E-state index >= 15 is 0 Å². The highest BCUT2D eigenvalue weighted by molar-refractivity contribution is 6.30. The molecule has 1 N–H and O–H groups in total. The first-order chi connectivity index (χ1) is 12.4. The number of rotatable bonds is 5. The molecule has 0 aliphatic carbocycles. The van der Waals surface area contributed by atoms with Crippen LogP contribution in [0.4, 0.5) is 5.88 Å². The average Bonchev–Trinajstić information content (AvgIpc) is 3.22. The maximum atomic E-state index is 12.0. The third kappa shape index (κ3) is 3.78. The molecule has 0 unspecified atom stereocenters. The van der Waals surface area contributed by atoms with E-state index in [0.29, 0.717) is 21.8 Å². The van der Waals surface area contributed by atoms with Crippen molar-refractivity contribution in [2.45, 2.75) is 0 Å². The van der Waals surface area contributed by atoms with Crippen molar-refractivity contribution >= 4 is 29.6 Å². The van der Waals surface area contributed by atoms with Gasteiger partial charge in [0.15, 0.2) is 5.76 Å². The summed E-state index contributed by atoms with van der Waals surface area (Å²) in [4.78, 5) is 22.1. The summed E-state index contributed by atoms with van der Waals surface area (Å²) in [6.07, 6.45) is 3.02. The van der Waals surface area contributed by atoms with E-state index in [1.807, 2.05) is 0 Å². The molecule has 26 heavy (non-hydrogen) atoms. The van der Waals surface area contributed by atoms with E-state index in [2.05, 4.69) is 15.6 Å². The number of carbonyl (C=O) groups is 1.